The van der Waals surface area contributed by atoms with E-state index in [9.17, 15) is 4.79 Å². The van der Waals surface area contributed by atoms with Crippen LogP contribution in [0, 0.1) is 6.92 Å². The van der Waals surface area contributed by atoms with Gasteiger partial charge in [-0.2, -0.15) is 0 Å². The minimum atomic E-state index is -0.201. The Morgan fingerprint density at radius 2 is 1.76 bits per heavy atom. The van der Waals surface area contributed by atoms with E-state index in [-0.39, 0.29) is 11.9 Å². The maximum Gasteiger partial charge on any atom is 0.288 e. The lowest BCUT2D eigenvalue weighted by molar-refractivity contribution is 0.0331. The molecule has 4 rings (SSSR count). The molecule has 0 spiro atoms. The fourth-order valence-electron chi connectivity index (χ4n) is 3.63. The van der Waals surface area contributed by atoms with Crippen molar-refractivity contribution in [1.82, 2.24) is 10.2 Å². The fourth-order valence-corrected chi connectivity index (χ4v) is 3.63. The summed E-state index contributed by atoms with van der Waals surface area (Å²) in [5.41, 5.74) is 4.05. The minimum Gasteiger partial charge on any atom is -0.459 e. The van der Waals surface area contributed by atoms with Crippen molar-refractivity contribution in [2.24, 2.45) is 0 Å². The number of amides is 1. The lowest BCUT2D eigenvalue weighted by Crippen LogP contribution is -2.43. The summed E-state index contributed by atoms with van der Waals surface area (Å²) in [4.78, 5) is 15.5. The van der Waals surface area contributed by atoms with E-state index in [1.807, 2.05) is 36.4 Å². The third-order valence-electron chi connectivity index (χ3n) is 5.29. The van der Waals surface area contributed by atoms with Crippen LogP contribution < -0.4 is 5.32 Å². The molecule has 1 aliphatic heterocycles. The number of morpholine rings is 1. The highest BCUT2D eigenvalue weighted by atomic mass is 16.5. The van der Waals surface area contributed by atoms with Gasteiger partial charge in [0.1, 0.15) is 0 Å². The van der Waals surface area contributed by atoms with Gasteiger partial charge in [-0.05, 0) is 24.1 Å². The van der Waals surface area contributed by atoms with Gasteiger partial charge in [0.25, 0.3) is 5.91 Å². The van der Waals surface area contributed by atoms with Gasteiger partial charge in [-0.3, -0.25) is 9.69 Å². The van der Waals surface area contributed by atoms with E-state index in [0.29, 0.717) is 5.76 Å². The summed E-state index contributed by atoms with van der Waals surface area (Å²) in [6.07, 6.45) is 1.57. The van der Waals surface area contributed by atoms with Crippen LogP contribution in [0.25, 0.3) is 11.1 Å². The maximum atomic E-state index is 13.1. The molecule has 29 heavy (non-hydrogen) atoms. The summed E-state index contributed by atoms with van der Waals surface area (Å²) in [7, 11) is 0. The predicted octanol–water partition coefficient (Wildman–Crippen LogP) is 4.06. The first-order valence-electron chi connectivity index (χ1n) is 10.0. The normalized spacial score (nSPS) is 15.8. The van der Waals surface area contributed by atoms with Gasteiger partial charge >= 0.3 is 0 Å². The zero-order valence-electron chi connectivity index (χ0n) is 16.6. The summed E-state index contributed by atoms with van der Waals surface area (Å²) in [6.45, 7) is 5.99. The van der Waals surface area contributed by atoms with Crippen molar-refractivity contribution in [1.29, 1.82) is 0 Å². The lowest BCUT2D eigenvalue weighted by atomic mass is 10.0. The molecule has 1 saturated heterocycles. The molecule has 0 bridgehead atoms. The van der Waals surface area contributed by atoms with Gasteiger partial charge in [0, 0.05) is 25.2 Å². The number of ether oxygens (including phenoxy) is 1. The number of hydrogen-bond acceptors (Lipinski definition) is 4. The topological polar surface area (TPSA) is 54.7 Å². The van der Waals surface area contributed by atoms with Gasteiger partial charge in [-0.25, -0.2) is 0 Å². The van der Waals surface area contributed by atoms with Gasteiger partial charge in [0.05, 0.1) is 25.5 Å². The number of carbonyl (C=O) groups excluding carboxylic acids is 1. The zero-order chi connectivity index (χ0) is 20.1. The van der Waals surface area contributed by atoms with Gasteiger partial charge in [-0.15, -0.1) is 0 Å². The Bertz CT molecular complexity index is 928. The van der Waals surface area contributed by atoms with Crippen LogP contribution in [0.4, 0.5) is 0 Å². The summed E-state index contributed by atoms with van der Waals surface area (Å²) in [5, 5.41) is 3.20. The van der Waals surface area contributed by atoms with Crippen molar-refractivity contribution < 1.29 is 13.9 Å². The van der Waals surface area contributed by atoms with Gasteiger partial charge in [-0.1, -0.05) is 60.2 Å². The molecule has 3 aromatic rings. The first-order chi connectivity index (χ1) is 14.2. The third-order valence-corrected chi connectivity index (χ3v) is 5.29. The SMILES string of the molecule is Cc1ccc([C@H](CN2CCOCC2)NC(=O)c2occc2-c2ccccc2)cc1. The summed E-state index contributed by atoms with van der Waals surface area (Å²) < 4.78 is 11.0. The maximum absolute atomic E-state index is 13.1. The van der Waals surface area contributed by atoms with Gasteiger partial charge in [0.2, 0.25) is 0 Å². The molecule has 1 aliphatic rings. The molecule has 2 aromatic carbocycles. The first kappa shape index (κ1) is 19.4. The lowest BCUT2D eigenvalue weighted by Gasteiger charge is -2.31. The van der Waals surface area contributed by atoms with E-state index in [4.69, 9.17) is 9.15 Å². The Balaban J connectivity index is 1.56. The second-order valence-electron chi connectivity index (χ2n) is 7.38. The molecule has 0 radical (unpaired) electrons. The molecule has 1 atom stereocenters. The number of furan rings is 1. The summed E-state index contributed by atoms with van der Waals surface area (Å²) in [5.74, 6) is 0.142. The quantitative estimate of drug-likeness (QED) is 0.690. The number of rotatable bonds is 6. The molecule has 0 unspecified atom stereocenters. The molecule has 5 heteroatoms. The average Bonchev–Trinajstić information content (AvgIpc) is 3.25. The number of nitrogens with zero attached hydrogens (tertiary/aromatic N) is 1. The number of aryl methyl sites for hydroxylation is 1. The Hall–Kier alpha value is -2.89. The van der Waals surface area contributed by atoms with E-state index in [0.717, 1.165) is 49.5 Å². The van der Waals surface area contributed by atoms with Gasteiger partial charge < -0.3 is 14.5 Å². The van der Waals surface area contributed by atoms with Crippen LogP contribution in [0.3, 0.4) is 0 Å². The van der Waals surface area contributed by atoms with E-state index in [1.54, 1.807) is 6.26 Å². The van der Waals surface area contributed by atoms with Crippen molar-refractivity contribution >= 4 is 5.91 Å². The highest BCUT2D eigenvalue weighted by molar-refractivity contribution is 5.98. The number of carbonyl (C=O) groups is 1. The smallest absolute Gasteiger partial charge is 0.288 e. The third kappa shape index (κ3) is 4.75. The molecule has 0 saturated carbocycles. The molecule has 1 fully saturated rings. The molecule has 1 N–H and O–H groups in total. The average molecular weight is 390 g/mol. The standard InChI is InChI=1S/C24H26N2O3/c1-18-7-9-20(10-8-18)22(17-26-12-15-28-16-13-26)25-24(27)23-21(11-14-29-23)19-5-3-2-4-6-19/h2-11,14,22H,12-13,15-17H2,1H3,(H,25,27)/t22-/m0/s1. The summed E-state index contributed by atoms with van der Waals surface area (Å²) in [6, 6.07) is 19.9. The second-order valence-corrected chi connectivity index (χ2v) is 7.38. The van der Waals surface area contributed by atoms with Crippen LogP contribution >= 0.6 is 0 Å². The molecule has 1 aromatic heterocycles. The zero-order valence-corrected chi connectivity index (χ0v) is 16.6. The van der Waals surface area contributed by atoms with Crippen molar-refractivity contribution in [2.75, 3.05) is 32.8 Å². The minimum absolute atomic E-state index is 0.130. The summed E-state index contributed by atoms with van der Waals surface area (Å²) >= 11 is 0. The van der Waals surface area contributed by atoms with E-state index in [1.165, 1.54) is 5.56 Å². The molecule has 150 valence electrons. The van der Waals surface area contributed by atoms with E-state index >= 15 is 0 Å². The van der Waals surface area contributed by atoms with Crippen molar-refractivity contribution in [2.45, 2.75) is 13.0 Å². The van der Waals surface area contributed by atoms with Crippen LogP contribution in [0.15, 0.2) is 71.3 Å². The Morgan fingerprint density at radius 1 is 1.03 bits per heavy atom. The fraction of sp³-hybridized carbons (Fsp3) is 0.292. The van der Waals surface area contributed by atoms with Crippen LogP contribution in [0.1, 0.15) is 27.7 Å². The van der Waals surface area contributed by atoms with Crippen molar-refractivity contribution in [3.8, 4) is 11.1 Å². The molecule has 1 amide bonds. The Morgan fingerprint density at radius 3 is 2.48 bits per heavy atom. The highest BCUT2D eigenvalue weighted by Gasteiger charge is 2.24. The van der Waals surface area contributed by atoms with Crippen molar-refractivity contribution in [3.63, 3.8) is 0 Å². The van der Waals surface area contributed by atoms with E-state index < -0.39 is 0 Å². The predicted molar refractivity (Wildman–Crippen MR) is 113 cm³/mol. The number of benzene rings is 2. The second kappa shape index (κ2) is 9.07. The van der Waals surface area contributed by atoms with Crippen LogP contribution in [0.2, 0.25) is 0 Å². The van der Waals surface area contributed by atoms with Crippen LogP contribution in [0.5, 0.6) is 0 Å². The Labute approximate surface area is 171 Å². The van der Waals surface area contributed by atoms with E-state index in [2.05, 4.69) is 41.4 Å². The van der Waals surface area contributed by atoms with Crippen molar-refractivity contribution in [3.05, 3.63) is 83.8 Å². The highest BCUT2D eigenvalue weighted by Crippen LogP contribution is 2.26. The molecular weight excluding hydrogens is 364 g/mol. The van der Waals surface area contributed by atoms with Gasteiger partial charge in [0.15, 0.2) is 5.76 Å². The molecule has 0 aliphatic carbocycles. The molecule has 5 nitrogen and oxygen atoms in total. The molecular formula is C24H26N2O3. The largest absolute Gasteiger partial charge is 0.459 e. The van der Waals surface area contributed by atoms with Crippen LogP contribution in [-0.4, -0.2) is 43.7 Å². The number of nitrogens with one attached hydrogen (secondary N) is 1. The number of hydrogen-bond donors (Lipinski definition) is 1. The Kier molecular flexibility index (Phi) is 6.08. The monoisotopic (exact) mass is 390 g/mol. The first-order valence-corrected chi connectivity index (χ1v) is 10.0. The van der Waals surface area contributed by atoms with Crippen LogP contribution in [-0.2, 0) is 4.74 Å². The molecule has 2 heterocycles.